The molecule has 0 saturated carbocycles. The highest BCUT2D eigenvalue weighted by atomic mass is 79.9. The van der Waals surface area contributed by atoms with Crippen molar-refractivity contribution in [2.24, 2.45) is 0 Å². The molecule has 0 radical (unpaired) electrons. The van der Waals surface area contributed by atoms with Crippen LogP contribution < -0.4 is 0 Å². The molecule has 2 nitrogen and oxygen atoms in total. The summed E-state index contributed by atoms with van der Waals surface area (Å²) in [6, 6.07) is 0. The van der Waals surface area contributed by atoms with E-state index in [2.05, 4.69) is 15.9 Å². The monoisotopic (exact) mass is 344 g/mol. The average molecular weight is 345 g/mol. The molecule has 0 N–H and O–H groups in total. The fraction of sp³-hybridized carbons (Fsp3) is 0.765. The minimum atomic E-state index is -0.167. The van der Waals surface area contributed by atoms with Gasteiger partial charge in [-0.15, -0.1) is 0 Å². The second kappa shape index (κ2) is 13.7. The molecule has 0 aromatic carbocycles. The summed E-state index contributed by atoms with van der Waals surface area (Å²) in [4.78, 5) is 0. The van der Waals surface area contributed by atoms with Gasteiger partial charge in [-0.2, -0.15) is 0 Å². The molecule has 0 aliphatic carbocycles. The summed E-state index contributed by atoms with van der Waals surface area (Å²) in [5, 5.41) is 1.16. The topological polar surface area (TPSA) is 18.5 Å². The Kier molecular flexibility index (Phi) is 12.2. The van der Waals surface area contributed by atoms with E-state index in [9.17, 15) is 0 Å². The molecule has 0 aromatic rings. The fourth-order valence-electron chi connectivity index (χ4n) is 2.27. The highest BCUT2D eigenvalue weighted by Crippen LogP contribution is 2.11. The molecule has 1 atom stereocenters. The van der Waals surface area contributed by atoms with Crippen molar-refractivity contribution in [3.63, 3.8) is 0 Å². The summed E-state index contributed by atoms with van der Waals surface area (Å²) >= 11 is 3.47. The highest BCUT2D eigenvalue weighted by Gasteiger charge is 2.04. The molecular formula is C17H29BrO2. The second-order valence-corrected chi connectivity index (χ2v) is 6.11. The molecule has 0 bridgehead atoms. The minimum Gasteiger partial charge on any atom is -0.469 e. The van der Waals surface area contributed by atoms with E-state index < -0.39 is 0 Å². The van der Waals surface area contributed by atoms with Gasteiger partial charge in [-0.1, -0.05) is 73.4 Å². The number of halogens is 1. The zero-order valence-corrected chi connectivity index (χ0v) is 14.2. The van der Waals surface area contributed by atoms with E-state index in [-0.39, 0.29) is 6.29 Å². The summed E-state index contributed by atoms with van der Waals surface area (Å²) in [6.07, 6.45) is 20.8. The van der Waals surface area contributed by atoms with Gasteiger partial charge in [0.05, 0.1) is 12.9 Å². The van der Waals surface area contributed by atoms with E-state index >= 15 is 0 Å². The number of ether oxygens (including phenoxy) is 2. The van der Waals surface area contributed by atoms with Gasteiger partial charge < -0.3 is 9.47 Å². The van der Waals surface area contributed by atoms with E-state index in [0.29, 0.717) is 0 Å². The van der Waals surface area contributed by atoms with Crippen molar-refractivity contribution in [3.05, 3.63) is 24.5 Å². The molecule has 0 spiro atoms. The molecule has 116 valence electrons. The van der Waals surface area contributed by atoms with Gasteiger partial charge in [-0.25, -0.2) is 0 Å². The van der Waals surface area contributed by atoms with Gasteiger partial charge in [0.15, 0.2) is 0 Å². The Morgan fingerprint density at radius 3 is 1.95 bits per heavy atom. The predicted octanol–water partition coefficient (Wildman–Crippen LogP) is 5.73. The van der Waals surface area contributed by atoms with Crippen LogP contribution in [-0.4, -0.2) is 18.2 Å². The molecule has 20 heavy (non-hydrogen) atoms. The Labute approximate surface area is 132 Å². The minimum absolute atomic E-state index is 0.167. The molecule has 1 unspecified atom stereocenters. The van der Waals surface area contributed by atoms with Crippen molar-refractivity contribution in [3.8, 4) is 0 Å². The van der Waals surface area contributed by atoms with Crippen LogP contribution >= 0.6 is 15.9 Å². The fourth-order valence-corrected chi connectivity index (χ4v) is 2.67. The molecule has 0 saturated heterocycles. The van der Waals surface area contributed by atoms with Gasteiger partial charge in [0, 0.05) is 5.33 Å². The number of allylic oxidation sites excluding steroid dienone is 2. The van der Waals surface area contributed by atoms with E-state index in [1.807, 2.05) is 18.2 Å². The van der Waals surface area contributed by atoms with Crippen LogP contribution in [0.15, 0.2) is 24.5 Å². The van der Waals surface area contributed by atoms with E-state index in [1.165, 1.54) is 57.8 Å². The van der Waals surface area contributed by atoms with Crippen LogP contribution in [0.2, 0.25) is 0 Å². The standard InChI is InChI=1S/C17H29BrO2/c18-14-10-7-5-3-1-2-4-6-8-11-15-19-17-13-9-12-16-20-17/h9,12-13,16-17H,1-8,10-11,14-15H2. The van der Waals surface area contributed by atoms with Crippen molar-refractivity contribution < 1.29 is 9.47 Å². The summed E-state index contributed by atoms with van der Waals surface area (Å²) in [6.45, 7) is 0.801. The first kappa shape index (κ1) is 17.8. The van der Waals surface area contributed by atoms with E-state index in [4.69, 9.17) is 9.47 Å². The predicted molar refractivity (Wildman–Crippen MR) is 89.1 cm³/mol. The molecular weight excluding hydrogens is 316 g/mol. The van der Waals surface area contributed by atoms with Crippen LogP contribution in [0.4, 0.5) is 0 Å². The molecule has 1 heterocycles. The van der Waals surface area contributed by atoms with E-state index in [0.717, 1.165) is 18.4 Å². The van der Waals surface area contributed by atoms with Crippen LogP contribution in [0, 0.1) is 0 Å². The zero-order valence-electron chi connectivity index (χ0n) is 12.6. The van der Waals surface area contributed by atoms with Crippen molar-refractivity contribution in [2.75, 3.05) is 11.9 Å². The molecule has 0 aromatic heterocycles. The lowest BCUT2D eigenvalue weighted by Gasteiger charge is -2.15. The first-order valence-corrected chi connectivity index (χ1v) is 9.22. The highest BCUT2D eigenvalue weighted by molar-refractivity contribution is 9.09. The molecule has 0 amide bonds. The Bertz CT molecular complexity index is 264. The number of rotatable bonds is 13. The van der Waals surface area contributed by atoms with Gasteiger partial charge in [0.25, 0.3) is 0 Å². The smallest absolute Gasteiger partial charge is 0.219 e. The van der Waals surface area contributed by atoms with Crippen LogP contribution in [0.3, 0.4) is 0 Å². The number of alkyl halides is 1. The van der Waals surface area contributed by atoms with Gasteiger partial charge in [-0.3, -0.25) is 0 Å². The zero-order chi connectivity index (χ0) is 14.3. The quantitative estimate of drug-likeness (QED) is 0.314. The molecule has 1 aliphatic heterocycles. The lowest BCUT2D eigenvalue weighted by Crippen LogP contribution is -2.13. The first-order valence-electron chi connectivity index (χ1n) is 8.10. The summed E-state index contributed by atoms with van der Waals surface area (Å²) in [7, 11) is 0. The van der Waals surface area contributed by atoms with Gasteiger partial charge in [0.1, 0.15) is 0 Å². The van der Waals surface area contributed by atoms with Crippen LogP contribution in [0.1, 0.15) is 64.2 Å². The summed E-state index contributed by atoms with van der Waals surface area (Å²) < 4.78 is 10.9. The Balaban J connectivity index is 1.72. The Morgan fingerprint density at radius 2 is 1.40 bits per heavy atom. The number of hydrogen-bond acceptors (Lipinski definition) is 2. The normalized spacial score (nSPS) is 17.4. The summed E-state index contributed by atoms with van der Waals surface area (Å²) in [5.41, 5.74) is 0. The van der Waals surface area contributed by atoms with Crippen molar-refractivity contribution in [1.29, 1.82) is 0 Å². The lowest BCUT2D eigenvalue weighted by atomic mass is 10.1. The number of unbranched alkanes of at least 4 members (excludes halogenated alkanes) is 9. The van der Waals surface area contributed by atoms with Crippen molar-refractivity contribution in [1.82, 2.24) is 0 Å². The van der Waals surface area contributed by atoms with Gasteiger partial charge in [0.2, 0.25) is 6.29 Å². The Hall–Kier alpha value is -0.280. The SMILES string of the molecule is BrCCCCCCCCCCCCOC1C=CC=CO1. The largest absolute Gasteiger partial charge is 0.469 e. The molecule has 1 aliphatic rings. The molecule has 3 heteroatoms. The first-order chi connectivity index (χ1) is 9.93. The maximum Gasteiger partial charge on any atom is 0.219 e. The van der Waals surface area contributed by atoms with Gasteiger partial charge in [-0.05, 0) is 25.0 Å². The van der Waals surface area contributed by atoms with Crippen LogP contribution in [0.5, 0.6) is 0 Å². The third-order valence-corrected chi connectivity index (χ3v) is 4.04. The number of hydrogen-bond donors (Lipinski definition) is 0. The van der Waals surface area contributed by atoms with Crippen molar-refractivity contribution >= 4 is 15.9 Å². The maximum atomic E-state index is 5.60. The second-order valence-electron chi connectivity index (χ2n) is 5.31. The molecule has 0 fully saturated rings. The van der Waals surface area contributed by atoms with Crippen LogP contribution in [0.25, 0.3) is 0 Å². The average Bonchev–Trinajstić information content (AvgIpc) is 2.49. The third-order valence-electron chi connectivity index (χ3n) is 3.48. The van der Waals surface area contributed by atoms with Crippen LogP contribution in [-0.2, 0) is 9.47 Å². The molecule has 1 rings (SSSR count). The lowest BCUT2D eigenvalue weighted by molar-refractivity contribution is -0.0750. The maximum absolute atomic E-state index is 5.60. The van der Waals surface area contributed by atoms with Gasteiger partial charge >= 0.3 is 0 Å². The summed E-state index contributed by atoms with van der Waals surface area (Å²) in [5.74, 6) is 0. The van der Waals surface area contributed by atoms with E-state index in [1.54, 1.807) is 6.26 Å². The Morgan fingerprint density at radius 1 is 0.800 bits per heavy atom. The van der Waals surface area contributed by atoms with Crippen molar-refractivity contribution in [2.45, 2.75) is 70.5 Å². The third kappa shape index (κ3) is 10.5.